The number of nitrogens with zero attached hydrogens (tertiary/aromatic N) is 1. The normalized spacial score (nSPS) is 22.3. The molecule has 2 amide bonds. The summed E-state index contributed by atoms with van der Waals surface area (Å²) in [5.41, 5.74) is 1.43. The van der Waals surface area contributed by atoms with Gasteiger partial charge in [-0.05, 0) is 30.5 Å². The number of hydrogen-bond acceptors (Lipinski definition) is 3. The first-order chi connectivity index (χ1) is 10.7. The lowest BCUT2D eigenvalue weighted by molar-refractivity contribution is -0.129. The number of rotatable bonds is 4. The van der Waals surface area contributed by atoms with Crippen molar-refractivity contribution in [3.05, 3.63) is 29.8 Å². The minimum absolute atomic E-state index is 0.0545. The van der Waals surface area contributed by atoms with E-state index in [4.69, 9.17) is 5.11 Å². The fourth-order valence-electron chi connectivity index (χ4n) is 3.47. The monoisotopic (exact) mass is 302 g/mol. The first kappa shape index (κ1) is 15.0. The molecule has 2 fully saturated rings. The summed E-state index contributed by atoms with van der Waals surface area (Å²) in [6.07, 6.45) is 4.80. The predicted molar refractivity (Wildman–Crippen MR) is 83.1 cm³/mol. The molecular formula is C17H22N2O3. The fourth-order valence-corrected chi connectivity index (χ4v) is 3.47. The summed E-state index contributed by atoms with van der Waals surface area (Å²) in [6, 6.07) is 7.48. The lowest BCUT2D eigenvalue weighted by Gasteiger charge is -2.23. The molecule has 0 aromatic heterocycles. The highest BCUT2D eigenvalue weighted by Gasteiger charge is 2.38. The average Bonchev–Trinajstić information content (AvgIpc) is 3.16. The van der Waals surface area contributed by atoms with Gasteiger partial charge in [-0.2, -0.15) is 0 Å². The van der Waals surface area contributed by atoms with Crippen LogP contribution in [-0.4, -0.2) is 34.4 Å². The SMILES string of the molecule is O=C(Nc1cccc(CO)c1)C1CC(=O)N(C2CCCC2)C1. The maximum atomic E-state index is 12.4. The van der Waals surface area contributed by atoms with E-state index in [1.165, 1.54) is 12.8 Å². The van der Waals surface area contributed by atoms with Gasteiger partial charge in [0.1, 0.15) is 0 Å². The molecule has 1 aliphatic heterocycles. The van der Waals surface area contributed by atoms with Crippen molar-refractivity contribution in [3.63, 3.8) is 0 Å². The molecule has 1 aliphatic carbocycles. The predicted octanol–water partition coefficient (Wildman–Crippen LogP) is 1.91. The topological polar surface area (TPSA) is 69.6 Å². The molecule has 3 rings (SSSR count). The quantitative estimate of drug-likeness (QED) is 0.892. The molecule has 1 heterocycles. The molecule has 118 valence electrons. The molecule has 0 bridgehead atoms. The summed E-state index contributed by atoms with van der Waals surface area (Å²) in [6.45, 7) is 0.482. The third kappa shape index (κ3) is 3.14. The minimum atomic E-state index is -0.272. The Balaban J connectivity index is 1.62. The van der Waals surface area contributed by atoms with Crippen molar-refractivity contribution in [3.8, 4) is 0 Å². The standard InChI is InChI=1S/C17H22N2O3/c20-11-12-4-3-5-14(8-12)18-17(22)13-9-16(21)19(10-13)15-6-1-2-7-15/h3-5,8,13,15,20H,1-2,6-7,9-11H2,(H,18,22). The van der Waals surface area contributed by atoms with Crippen LogP contribution in [0.25, 0.3) is 0 Å². The number of carbonyl (C=O) groups excluding carboxylic acids is 2. The van der Waals surface area contributed by atoms with E-state index in [0.29, 0.717) is 24.7 Å². The van der Waals surface area contributed by atoms with Crippen LogP contribution in [0.3, 0.4) is 0 Å². The van der Waals surface area contributed by atoms with E-state index >= 15 is 0 Å². The molecule has 1 unspecified atom stereocenters. The second kappa shape index (κ2) is 6.48. The molecule has 1 aromatic carbocycles. The Labute approximate surface area is 130 Å². The lowest BCUT2D eigenvalue weighted by atomic mass is 10.1. The van der Waals surface area contributed by atoms with Gasteiger partial charge in [-0.1, -0.05) is 25.0 Å². The molecule has 1 saturated carbocycles. The number of nitrogens with one attached hydrogen (secondary N) is 1. The molecule has 0 radical (unpaired) electrons. The van der Waals surface area contributed by atoms with Crippen molar-refractivity contribution >= 4 is 17.5 Å². The minimum Gasteiger partial charge on any atom is -0.392 e. The van der Waals surface area contributed by atoms with Crippen LogP contribution >= 0.6 is 0 Å². The summed E-state index contributed by atoms with van der Waals surface area (Å²) in [5.74, 6) is -0.272. The second-order valence-corrected chi connectivity index (χ2v) is 6.23. The first-order valence-corrected chi connectivity index (χ1v) is 7.97. The van der Waals surface area contributed by atoms with Gasteiger partial charge >= 0.3 is 0 Å². The van der Waals surface area contributed by atoms with E-state index in [1.807, 2.05) is 4.90 Å². The molecular weight excluding hydrogens is 280 g/mol. The van der Waals surface area contributed by atoms with E-state index in [9.17, 15) is 9.59 Å². The van der Waals surface area contributed by atoms with E-state index in [1.54, 1.807) is 24.3 Å². The van der Waals surface area contributed by atoms with E-state index in [2.05, 4.69) is 5.32 Å². The highest BCUT2D eigenvalue weighted by Crippen LogP contribution is 2.30. The van der Waals surface area contributed by atoms with E-state index < -0.39 is 0 Å². The molecule has 2 aliphatic rings. The number of aliphatic hydroxyl groups is 1. The Morgan fingerprint density at radius 1 is 1.32 bits per heavy atom. The van der Waals surface area contributed by atoms with Crippen LogP contribution in [0, 0.1) is 5.92 Å². The van der Waals surface area contributed by atoms with Gasteiger partial charge in [0.15, 0.2) is 0 Å². The van der Waals surface area contributed by atoms with Crippen LogP contribution in [0.1, 0.15) is 37.7 Å². The highest BCUT2D eigenvalue weighted by molar-refractivity contribution is 5.97. The lowest BCUT2D eigenvalue weighted by Crippen LogP contribution is -2.35. The van der Waals surface area contributed by atoms with Gasteiger partial charge in [-0.15, -0.1) is 0 Å². The highest BCUT2D eigenvalue weighted by atomic mass is 16.3. The van der Waals surface area contributed by atoms with Gasteiger partial charge in [0.25, 0.3) is 0 Å². The van der Waals surface area contributed by atoms with Crippen LogP contribution in [0.15, 0.2) is 24.3 Å². The number of anilines is 1. The van der Waals surface area contributed by atoms with E-state index in [0.717, 1.165) is 18.4 Å². The second-order valence-electron chi connectivity index (χ2n) is 6.23. The number of amides is 2. The molecule has 22 heavy (non-hydrogen) atoms. The fraction of sp³-hybridized carbons (Fsp3) is 0.529. The van der Waals surface area contributed by atoms with Gasteiger partial charge in [-0.25, -0.2) is 0 Å². The Morgan fingerprint density at radius 3 is 2.82 bits per heavy atom. The molecule has 2 N–H and O–H groups in total. The Bertz CT molecular complexity index is 567. The van der Waals surface area contributed by atoms with Crippen molar-refractivity contribution in [1.82, 2.24) is 4.90 Å². The molecule has 5 nitrogen and oxygen atoms in total. The van der Waals surface area contributed by atoms with Crippen molar-refractivity contribution in [2.75, 3.05) is 11.9 Å². The zero-order valence-electron chi connectivity index (χ0n) is 12.6. The average molecular weight is 302 g/mol. The van der Waals surface area contributed by atoms with Crippen LogP contribution in [0.2, 0.25) is 0 Å². The third-order valence-corrected chi connectivity index (χ3v) is 4.67. The van der Waals surface area contributed by atoms with Gasteiger partial charge in [0.2, 0.25) is 11.8 Å². The smallest absolute Gasteiger partial charge is 0.229 e. The number of hydrogen-bond donors (Lipinski definition) is 2. The molecule has 5 heteroatoms. The number of aliphatic hydroxyl groups excluding tert-OH is 1. The van der Waals surface area contributed by atoms with Gasteiger partial charge in [-0.3, -0.25) is 9.59 Å². The van der Waals surface area contributed by atoms with Crippen molar-refractivity contribution in [1.29, 1.82) is 0 Å². The zero-order valence-corrected chi connectivity index (χ0v) is 12.6. The van der Waals surface area contributed by atoms with Crippen LogP contribution in [0.5, 0.6) is 0 Å². The third-order valence-electron chi connectivity index (χ3n) is 4.67. The Hall–Kier alpha value is -1.88. The van der Waals surface area contributed by atoms with Crippen LogP contribution in [-0.2, 0) is 16.2 Å². The molecule has 1 atom stereocenters. The summed E-state index contributed by atoms with van der Waals surface area (Å²) in [4.78, 5) is 26.4. The maximum Gasteiger partial charge on any atom is 0.229 e. The molecule has 0 spiro atoms. The summed E-state index contributed by atoms with van der Waals surface area (Å²) >= 11 is 0. The van der Waals surface area contributed by atoms with Crippen molar-refractivity contribution < 1.29 is 14.7 Å². The van der Waals surface area contributed by atoms with Crippen molar-refractivity contribution in [2.45, 2.75) is 44.8 Å². The Kier molecular flexibility index (Phi) is 4.43. The number of likely N-dealkylation sites (tertiary alicyclic amines) is 1. The van der Waals surface area contributed by atoms with Crippen LogP contribution < -0.4 is 5.32 Å². The van der Waals surface area contributed by atoms with Crippen molar-refractivity contribution in [2.24, 2.45) is 5.92 Å². The number of carbonyl (C=O) groups is 2. The summed E-state index contributed by atoms with van der Waals surface area (Å²) in [5, 5.41) is 12.0. The maximum absolute atomic E-state index is 12.4. The zero-order chi connectivity index (χ0) is 15.5. The summed E-state index contributed by atoms with van der Waals surface area (Å²) < 4.78 is 0. The summed E-state index contributed by atoms with van der Waals surface area (Å²) in [7, 11) is 0. The largest absolute Gasteiger partial charge is 0.392 e. The van der Waals surface area contributed by atoms with E-state index in [-0.39, 0.29) is 24.3 Å². The van der Waals surface area contributed by atoms with Gasteiger partial charge in [0.05, 0.1) is 12.5 Å². The van der Waals surface area contributed by atoms with Gasteiger partial charge in [0, 0.05) is 24.7 Å². The first-order valence-electron chi connectivity index (χ1n) is 7.97. The van der Waals surface area contributed by atoms with Gasteiger partial charge < -0.3 is 15.3 Å². The molecule has 1 saturated heterocycles. The molecule has 1 aromatic rings. The number of benzene rings is 1. The Morgan fingerprint density at radius 2 is 2.09 bits per heavy atom. The van der Waals surface area contributed by atoms with Crippen LogP contribution in [0.4, 0.5) is 5.69 Å².